The second-order valence-corrected chi connectivity index (χ2v) is 29.4. The number of rotatable bonds is 59. The molecule has 2 saturated heterocycles. The Labute approximate surface area is 586 Å². The normalized spacial score (nSPS) is 28.0. The van der Waals surface area contributed by atoms with Crippen molar-refractivity contribution in [3.8, 4) is 0 Å². The number of aliphatic hydroxyl groups excluding tert-OH is 10. The summed E-state index contributed by atoms with van der Waals surface area (Å²) in [6.45, 7) is 5.76. The summed E-state index contributed by atoms with van der Waals surface area (Å²) in [5.74, 6) is -1.32. The van der Waals surface area contributed by atoms with Crippen LogP contribution in [-0.2, 0) is 61.2 Å². The van der Waals surface area contributed by atoms with E-state index in [2.05, 4.69) is 39.8 Å². The van der Waals surface area contributed by atoms with E-state index in [1.54, 1.807) is 0 Å². The fourth-order valence-electron chi connectivity index (χ4n) is 12.8. The van der Waals surface area contributed by atoms with E-state index in [0.717, 1.165) is 96.3 Å². The molecule has 2 aliphatic heterocycles. The van der Waals surface area contributed by atoms with E-state index >= 15 is 0 Å². The minimum atomic E-state index is -5.70. The number of aliphatic hydroxyl groups is 10. The zero-order valence-electron chi connectivity index (χ0n) is 60.2. The topological polar surface area (TPSA) is 374 Å². The highest BCUT2D eigenvalue weighted by Gasteiger charge is 2.58. The van der Waals surface area contributed by atoms with Crippen molar-refractivity contribution in [2.75, 3.05) is 26.4 Å². The minimum absolute atomic E-state index is 0.00920. The quantitative estimate of drug-likeness (QED) is 0.00886. The van der Waals surface area contributed by atoms with Gasteiger partial charge >= 0.3 is 25.7 Å². The summed E-state index contributed by atoms with van der Waals surface area (Å²) in [6.07, 6.45) is 11.4. The Kier molecular flexibility index (Phi) is 49.9. The second kappa shape index (κ2) is 54.3. The Morgan fingerprint density at radius 2 is 0.776 bits per heavy atom. The number of hydrogen-bond acceptors (Lipinski definition) is 23. The molecular weight excluding hydrogens is 1290 g/mol. The predicted octanol–water partition coefficient (Wildman–Crippen LogP) is 10.6. The third-order valence-corrected chi connectivity index (χ3v) is 20.2. The van der Waals surface area contributed by atoms with E-state index < -0.39 is 156 Å². The average molecular weight is 1430 g/mol. The number of ether oxygens (including phenoxy) is 7. The lowest BCUT2D eigenvalue weighted by Crippen LogP contribution is -2.69. The number of hydrogen-bond donors (Lipinski definition) is 11. The van der Waals surface area contributed by atoms with Gasteiger partial charge in [0.25, 0.3) is 0 Å². The van der Waals surface area contributed by atoms with Gasteiger partial charge in [-0.15, -0.1) is 0 Å². The van der Waals surface area contributed by atoms with Crippen molar-refractivity contribution in [2.45, 2.75) is 402 Å². The summed E-state index contributed by atoms with van der Waals surface area (Å²) < 4.78 is 65.1. The Morgan fingerprint density at radius 1 is 0.418 bits per heavy atom. The highest BCUT2D eigenvalue weighted by Crippen LogP contribution is 2.49. The molecule has 2 heterocycles. The Hall–Kier alpha value is -2.30. The first-order valence-corrected chi connectivity index (χ1v) is 39.9. The van der Waals surface area contributed by atoms with Crippen LogP contribution in [0.25, 0.3) is 0 Å². The van der Waals surface area contributed by atoms with Gasteiger partial charge in [0.2, 0.25) is 0 Å². The molecule has 1 aliphatic carbocycles. The molecule has 0 aromatic carbocycles. The van der Waals surface area contributed by atoms with Crippen molar-refractivity contribution in [3.63, 3.8) is 0 Å². The molecular formula is C73H135O24P. The summed E-state index contributed by atoms with van der Waals surface area (Å²) in [7, 11) is -5.70. The van der Waals surface area contributed by atoms with Crippen LogP contribution < -0.4 is 0 Å². The first-order valence-electron chi connectivity index (χ1n) is 38.4. The molecule has 3 rings (SSSR count). The fraction of sp³-hybridized carbons (Fsp3) is 0.932. The molecule has 576 valence electrons. The molecule has 3 fully saturated rings. The summed E-state index contributed by atoms with van der Waals surface area (Å²) in [6, 6.07) is 0. The zero-order valence-corrected chi connectivity index (χ0v) is 61.1. The molecule has 0 spiro atoms. The molecule has 11 N–H and O–H groups in total. The van der Waals surface area contributed by atoms with Gasteiger partial charge in [0.15, 0.2) is 18.7 Å². The lowest BCUT2D eigenvalue weighted by Gasteiger charge is -2.49. The molecule has 0 aromatic heterocycles. The number of phosphoric ester groups is 1. The lowest BCUT2D eigenvalue weighted by atomic mass is 9.84. The molecule has 25 heteroatoms. The van der Waals surface area contributed by atoms with Crippen molar-refractivity contribution in [1.29, 1.82) is 0 Å². The lowest BCUT2D eigenvalue weighted by molar-refractivity contribution is -0.360. The second-order valence-electron chi connectivity index (χ2n) is 28.0. The van der Waals surface area contributed by atoms with E-state index in [1.807, 2.05) is 0 Å². The van der Waals surface area contributed by atoms with Gasteiger partial charge in [-0.3, -0.25) is 23.4 Å². The van der Waals surface area contributed by atoms with Crippen LogP contribution >= 0.6 is 7.82 Å². The van der Waals surface area contributed by atoms with Crippen LogP contribution in [0.15, 0.2) is 12.2 Å². The first-order chi connectivity index (χ1) is 47.2. The van der Waals surface area contributed by atoms with Gasteiger partial charge < -0.3 is 89.1 Å². The van der Waals surface area contributed by atoms with Crippen LogP contribution in [-0.4, -0.2) is 204 Å². The third-order valence-electron chi connectivity index (χ3n) is 19.2. The standard InChI is InChI=1S/C73H135O24P/c1-5-8-11-14-17-19-21-23-25-27-29-31-37-42-47-58(76)90-52-56-61(79)63(81)68(86)73(94-56)96-70-66(84)64(82)65(83)69(95-72-67(85)62(80)60(78)55(49-74)93-72)71(70)97-98(87,88)91-51-54(50-89-57(75)46-41-36-30-28-26-24-22-20-18-15-12-9-6-2)92-59(77)48-43-38-33-32-35-40-45-53(4)44-39-34-16-13-10-7-3/h25,27,53-56,60-74,78-86H,5-24,26,28-52H2,1-4H3,(H,87,88)/b27-25-. The van der Waals surface area contributed by atoms with Gasteiger partial charge in [0, 0.05) is 19.3 Å². The first kappa shape index (κ1) is 89.9. The van der Waals surface area contributed by atoms with Crippen molar-refractivity contribution in [3.05, 3.63) is 12.2 Å². The van der Waals surface area contributed by atoms with E-state index in [-0.39, 0.29) is 19.3 Å². The van der Waals surface area contributed by atoms with Crippen molar-refractivity contribution in [1.82, 2.24) is 0 Å². The molecule has 24 nitrogen and oxygen atoms in total. The number of unbranched alkanes of at least 4 members (excludes halogenated alkanes) is 32. The highest BCUT2D eigenvalue weighted by atomic mass is 31.2. The molecule has 19 unspecified atom stereocenters. The third kappa shape index (κ3) is 37.4. The van der Waals surface area contributed by atoms with Crippen LogP contribution in [0.2, 0.25) is 0 Å². The number of esters is 3. The van der Waals surface area contributed by atoms with E-state index in [4.69, 9.17) is 42.2 Å². The van der Waals surface area contributed by atoms with E-state index in [9.17, 15) is 74.9 Å². The van der Waals surface area contributed by atoms with Gasteiger partial charge in [0.1, 0.15) is 98.7 Å². The van der Waals surface area contributed by atoms with E-state index in [1.165, 1.54) is 135 Å². The minimum Gasteiger partial charge on any atom is -0.463 e. The number of carbonyl (C=O) groups excluding carboxylic acids is 3. The number of allylic oxidation sites excluding steroid dienone is 2. The average Bonchev–Trinajstić information content (AvgIpc) is 0.762. The molecule has 3 aliphatic rings. The maximum absolute atomic E-state index is 14.3. The van der Waals surface area contributed by atoms with Crippen molar-refractivity contribution in [2.24, 2.45) is 5.92 Å². The molecule has 0 aromatic rings. The van der Waals surface area contributed by atoms with Crippen molar-refractivity contribution >= 4 is 25.7 Å². The molecule has 0 amide bonds. The van der Waals surface area contributed by atoms with Gasteiger partial charge in [-0.25, -0.2) is 4.57 Å². The largest absolute Gasteiger partial charge is 0.472 e. The van der Waals surface area contributed by atoms with Gasteiger partial charge in [0.05, 0.1) is 13.2 Å². The maximum atomic E-state index is 14.3. The SMILES string of the molecule is CCCCCCCCC/C=C\CCCCCC(=O)OCC1OC(OC2C(O)C(O)C(O)C(OC3OC(CO)C(O)C(O)C3O)C2OP(=O)(O)OCC(COC(=O)CCCCCCCCCCCCCCC)OC(=O)CCCCCCCCC(C)CCCCCCCC)C(O)C(O)C1O. The Balaban J connectivity index is 1.74. The number of carbonyl (C=O) groups is 3. The van der Waals surface area contributed by atoms with Gasteiger partial charge in [-0.2, -0.15) is 0 Å². The fourth-order valence-corrected chi connectivity index (χ4v) is 13.8. The number of phosphoric acid groups is 1. The van der Waals surface area contributed by atoms with E-state index in [0.29, 0.717) is 25.2 Å². The molecule has 19 atom stereocenters. The van der Waals surface area contributed by atoms with Crippen molar-refractivity contribution < 1.29 is 117 Å². The highest BCUT2D eigenvalue weighted by molar-refractivity contribution is 7.47. The molecule has 0 bridgehead atoms. The summed E-state index contributed by atoms with van der Waals surface area (Å²) in [4.78, 5) is 51.0. The van der Waals surface area contributed by atoms with Crippen LogP contribution in [0.5, 0.6) is 0 Å². The van der Waals surface area contributed by atoms with Crippen LogP contribution in [0.4, 0.5) is 0 Å². The smallest absolute Gasteiger partial charge is 0.463 e. The van der Waals surface area contributed by atoms with Gasteiger partial charge in [-0.05, 0) is 50.9 Å². The van der Waals surface area contributed by atoms with Crippen LogP contribution in [0.1, 0.15) is 297 Å². The predicted molar refractivity (Wildman–Crippen MR) is 370 cm³/mol. The summed E-state index contributed by atoms with van der Waals surface area (Å²) >= 11 is 0. The molecule has 0 radical (unpaired) electrons. The summed E-state index contributed by atoms with van der Waals surface area (Å²) in [5.41, 5.74) is 0. The summed E-state index contributed by atoms with van der Waals surface area (Å²) in [5, 5.41) is 110. The molecule has 1 saturated carbocycles. The monoisotopic (exact) mass is 1430 g/mol. The maximum Gasteiger partial charge on any atom is 0.472 e. The van der Waals surface area contributed by atoms with Crippen LogP contribution in [0, 0.1) is 5.92 Å². The van der Waals surface area contributed by atoms with Crippen LogP contribution in [0.3, 0.4) is 0 Å². The Bertz CT molecular complexity index is 2090. The molecule has 98 heavy (non-hydrogen) atoms. The zero-order chi connectivity index (χ0) is 71.9. The Morgan fingerprint density at radius 3 is 1.21 bits per heavy atom. The van der Waals surface area contributed by atoms with Gasteiger partial charge in [-0.1, -0.05) is 245 Å².